The lowest BCUT2D eigenvalue weighted by Crippen LogP contribution is -2.54. The number of carbonyl (C=O) groups excluding carboxylic acids is 3. The summed E-state index contributed by atoms with van der Waals surface area (Å²) in [5, 5.41) is 12.6. The highest BCUT2D eigenvalue weighted by Gasteiger charge is 2.42. The minimum Gasteiger partial charge on any atom is -0.467 e. The molecule has 0 fully saturated rings. The standard InChI is InChI=1S/C14H24F3N3O5/c1-5-7(2)11(13(23)25-4)19-10(21)6-9(14(15,16)17)18-8(3)12(22)20-24/h7-9,11,18,24H,5-6H2,1-4H3,(H,19,21)(H,20,22)/t7-,8-,9?,11-/m0/s1. The molecule has 0 spiro atoms. The van der Waals surface area contributed by atoms with Gasteiger partial charge in [0.15, 0.2) is 0 Å². The van der Waals surface area contributed by atoms with Crippen LogP contribution in [0.3, 0.4) is 0 Å². The zero-order valence-electron chi connectivity index (χ0n) is 14.4. The third kappa shape index (κ3) is 7.69. The summed E-state index contributed by atoms with van der Waals surface area (Å²) >= 11 is 0. The van der Waals surface area contributed by atoms with Crippen molar-refractivity contribution in [3.05, 3.63) is 0 Å². The second-order valence-corrected chi connectivity index (χ2v) is 5.62. The Morgan fingerprint density at radius 3 is 2.16 bits per heavy atom. The third-order valence-electron chi connectivity index (χ3n) is 3.72. The van der Waals surface area contributed by atoms with Gasteiger partial charge in [-0.05, 0) is 12.8 Å². The quantitative estimate of drug-likeness (QED) is 0.266. The molecule has 0 radical (unpaired) electrons. The van der Waals surface area contributed by atoms with Crippen molar-refractivity contribution in [2.75, 3.05) is 7.11 Å². The Morgan fingerprint density at radius 1 is 1.20 bits per heavy atom. The molecule has 11 heteroatoms. The molecule has 0 heterocycles. The molecule has 25 heavy (non-hydrogen) atoms. The summed E-state index contributed by atoms with van der Waals surface area (Å²) in [4.78, 5) is 34.8. The zero-order valence-corrected chi connectivity index (χ0v) is 14.4. The second kappa shape index (κ2) is 10.2. The first-order valence-electron chi connectivity index (χ1n) is 7.61. The van der Waals surface area contributed by atoms with Crippen LogP contribution < -0.4 is 16.1 Å². The molecule has 1 unspecified atom stereocenters. The van der Waals surface area contributed by atoms with E-state index in [9.17, 15) is 27.6 Å². The monoisotopic (exact) mass is 371 g/mol. The summed E-state index contributed by atoms with van der Waals surface area (Å²) in [5.74, 6) is -3.20. The van der Waals surface area contributed by atoms with Crippen LogP contribution in [0.25, 0.3) is 0 Å². The van der Waals surface area contributed by atoms with Gasteiger partial charge in [-0.25, -0.2) is 10.3 Å². The number of methoxy groups -OCH3 is 1. The van der Waals surface area contributed by atoms with Crippen LogP contribution in [0.4, 0.5) is 13.2 Å². The molecule has 146 valence electrons. The lowest BCUT2D eigenvalue weighted by molar-refractivity contribution is -0.165. The lowest BCUT2D eigenvalue weighted by Gasteiger charge is -2.26. The van der Waals surface area contributed by atoms with Crippen molar-refractivity contribution in [3.63, 3.8) is 0 Å². The van der Waals surface area contributed by atoms with Gasteiger partial charge in [-0.1, -0.05) is 20.3 Å². The molecule has 0 rings (SSSR count). The number of hydroxylamine groups is 1. The van der Waals surface area contributed by atoms with Gasteiger partial charge in [-0.3, -0.25) is 20.1 Å². The summed E-state index contributed by atoms with van der Waals surface area (Å²) < 4.78 is 43.7. The molecule has 8 nitrogen and oxygen atoms in total. The van der Waals surface area contributed by atoms with Crippen LogP contribution in [-0.2, 0) is 19.1 Å². The van der Waals surface area contributed by atoms with Crippen molar-refractivity contribution in [2.24, 2.45) is 5.92 Å². The number of nitrogens with one attached hydrogen (secondary N) is 3. The molecule has 2 amide bonds. The Morgan fingerprint density at radius 2 is 1.76 bits per heavy atom. The highest BCUT2D eigenvalue weighted by Crippen LogP contribution is 2.23. The SMILES string of the molecule is CC[C@H](C)[C@H](NC(=O)CC(N[C@@H](C)C(=O)NO)C(F)(F)F)C(=O)OC. The van der Waals surface area contributed by atoms with Crippen molar-refractivity contribution in [1.82, 2.24) is 16.1 Å². The molecule has 0 saturated carbocycles. The molecule has 4 atom stereocenters. The van der Waals surface area contributed by atoms with Crippen molar-refractivity contribution in [1.29, 1.82) is 0 Å². The maximum atomic E-state index is 13.1. The fraction of sp³-hybridized carbons (Fsp3) is 0.786. The fourth-order valence-electron chi connectivity index (χ4n) is 1.96. The highest BCUT2D eigenvalue weighted by molar-refractivity contribution is 5.85. The number of hydrogen-bond acceptors (Lipinski definition) is 6. The fourth-order valence-corrected chi connectivity index (χ4v) is 1.96. The molecule has 0 aromatic rings. The van der Waals surface area contributed by atoms with Crippen LogP contribution in [0.1, 0.15) is 33.6 Å². The molecule has 0 aromatic heterocycles. The number of esters is 1. The van der Waals surface area contributed by atoms with Crippen LogP contribution in [0.5, 0.6) is 0 Å². The highest BCUT2D eigenvalue weighted by atomic mass is 19.4. The van der Waals surface area contributed by atoms with Gasteiger partial charge in [0.1, 0.15) is 12.1 Å². The van der Waals surface area contributed by atoms with E-state index in [1.54, 1.807) is 13.8 Å². The Hall–Kier alpha value is -1.88. The van der Waals surface area contributed by atoms with Gasteiger partial charge < -0.3 is 10.1 Å². The molecule has 0 saturated heterocycles. The van der Waals surface area contributed by atoms with Gasteiger partial charge in [-0.2, -0.15) is 13.2 Å². The van der Waals surface area contributed by atoms with Crippen molar-refractivity contribution in [2.45, 2.75) is 57.9 Å². The van der Waals surface area contributed by atoms with E-state index in [1.165, 1.54) is 5.48 Å². The van der Waals surface area contributed by atoms with E-state index in [0.717, 1.165) is 14.0 Å². The van der Waals surface area contributed by atoms with Crippen LogP contribution in [0.15, 0.2) is 0 Å². The molecule has 4 N–H and O–H groups in total. The van der Waals surface area contributed by atoms with Gasteiger partial charge in [0.25, 0.3) is 5.91 Å². The average Bonchev–Trinajstić information content (AvgIpc) is 2.55. The normalized spacial score (nSPS) is 16.3. The number of rotatable bonds is 9. The number of ether oxygens (including phenoxy) is 1. The number of amides is 2. The Balaban J connectivity index is 5.07. The first-order chi connectivity index (χ1) is 11.5. The summed E-state index contributed by atoms with van der Waals surface area (Å²) in [7, 11) is 1.11. The maximum absolute atomic E-state index is 13.1. The predicted octanol–water partition coefficient (Wildman–Crippen LogP) is 0.495. The van der Waals surface area contributed by atoms with Gasteiger partial charge in [0.05, 0.1) is 19.6 Å². The topological polar surface area (TPSA) is 117 Å². The second-order valence-electron chi connectivity index (χ2n) is 5.62. The maximum Gasteiger partial charge on any atom is 0.404 e. The largest absolute Gasteiger partial charge is 0.467 e. The van der Waals surface area contributed by atoms with Crippen LogP contribution in [0, 0.1) is 5.92 Å². The van der Waals surface area contributed by atoms with Crippen molar-refractivity contribution in [3.8, 4) is 0 Å². The minimum absolute atomic E-state index is 0.340. The summed E-state index contributed by atoms with van der Waals surface area (Å²) in [6.45, 7) is 4.50. The first-order valence-corrected chi connectivity index (χ1v) is 7.61. The van der Waals surface area contributed by atoms with Crippen molar-refractivity contribution >= 4 is 17.8 Å². The van der Waals surface area contributed by atoms with Gasteiger partial charge >= 0.3 is 12.1 Å². The summed E-state index contributed by atoms with van der Waals surface area (Å²) in [6, 6.07) is -4.81. The number of hydrogen-bond donors (Lipinski definition) is 4. The van der Waals surface area contributed by atoms with Crippen LogP contribution in [-0.4, -0.2) is 54.4 Å². The predicted molar refractivity (Wildman–Crippen MR) is 80.4 cm³/mol. The number of carbonyl (C=O) groups is 3. The van der Waals surface area contributed by atoms with Crippen LogP contribution in [0.2, 0.25) is 0 Å². The van der Waals surface area contributed by atoms with Gasteiger partial charge in [0.2, 0.25) is 5.91 Å². The number of halogens is 3. The summed E-state index contributed by atoms with van der Waals surface area (Å²) in [6.07, 6.45) is -5.37. The van der Waals surface area contributed by atoms with Crippen LogP contribution >= 0.6 is 0 Å². The molecule has 0 aromatic carbocycles. The first kappa shape index (κ1) is 23.1. The molecule has 0 bridgehead atoms. The smallest absolute Gasteiger partial charge is 0.404 e. The molecule has 0 aliphatic carbocycles. The van der Waals surface area contributed by atoms with E-state index in [2.05, 4.69) is 10.1 Å². The van der Waals surface area contributed by atoms with E-state index in [1.807, 2.05) is 5.32 Å². The molecular weight excluding hydrogens is 347 g/mol. The number of alkyl halides is 3. The van der Waals surface area contributed by atoms with E-state index in [4.69, 9.17) is 5.21 Å². The Labute approximate surface area is 143 Å². The summed E-state index contributed by atoms with van der Waals surface area (Å²) in [5.41, 5.74) is 1.22. The van der Waals surface area contributed by atoms with E-state index >= 15 is 0 Å². The third-order valence-corrected chi connectivity index (χ3v) is 3.72. The minimum atomic E-state index is -4.82. The Bertz CT molecular complexity index is 473. The van der Waals surface area contributed by atoms with Gasteiger partial charge in [0, 0.05) is 0 Å². The Kier molecular flexibility index (Phi) is 9.42. The average molecular weight is 371 g/mol. The van der Waals surface area contributed by atoms with E-state index in [-0.39, 0.29) is 5.92 Å². The molecule has 0 aliphatic heterocycles. The molecule has 0 aliphatic rings. The van der Waals surface area contributed by atoms with E-state index < -0.39 is 48.5 Å². The zero-order chi connectivity index (χ0) is 19.8. The molecular formula is C14H24F3N3O5. The van der Waals surface area contributed by atoms with Crippen molar-refractivity contribution < 1.29 is 37.5 Å². The van der Waals surface area contributed by atoms with E-state index in [0.29, 0.717) is 6.42 Å². The lowest BCUT2D eigenvalue weighted by atomic mass is 9.99. The van der Waals surface area contributed by atoms with Gasteiger partial charge in [-0.15, -0.1) is 0 Å².